The maximum atomic E-state index is 4.23. The number of benzene rings is 2. The minimum Gasteiger partial charge on any atom is -0.378 e. The number of nitrogens with one attached hydrogen (secondary N) is 1. The molecule has 2 aromatic rings. The van der Waals surface area contributed by atoms with Crippen molar-refractivity contribution in [1.29, 1.82) is 0 Å². The fourth-order valence-electron chi connectivity index (χ4n) is 2.59. The summed E-state index contributed by atoms with van der Waals surface area (Å²) in [6.07, 6.45) is 5.23. The molecule has 22 heavy (non-hydrogen) atoms. The molecule has 0 aromatic heterocycles. The minimum atomic E-state index is 0.292. The Bertz CT molecular complexity index is 653. The molecule has 0 aliphatic heterocycles. The van der Waals surface area contributed by atoms with Crippen molar-refractivity contribution in [2.75, 3.05) is 0 Å². The average molecular weight is 291 g/mol. The topological polar surface area (TPSA) is 12.0 Å². The van der Waals surface area contributed by atoms with Crippen molar-refractivity contribution in [2.45, 2.75) is 33.2 Å². The maximum Gasteiger partial charge on any atom is 0.0511 e. The first-order chi connectivity index (χ1) is 10.7. The molecule has 0 aliphatic rings. The number of hydrogen-bond acceptors (Lipinski definition) is 1. The summed E-state index contributed by atoms with van der Waals surface area (Å²) in [4.78, 5) is 0. The molecule has 1 nitrogen and oxygen atoms in total. The monoisotopic (exact) mass is 291 g/mol. The molecule has 1 N–H and O–H groups in total. The van der Waals surface area contributed by atoms with Crippen LogP contribution >= 0.6 is 0 Å². The first kappa shape index (κ1) is 16.1. The Balaban J connectivity index is 2.19. The highest BCUT2D eigenvalue weighted by Crippen LogP contribution is 2.22. The van der Waals surface area contributed by atoms with Crippen molar-refractivity contribution in [3.63, 3.8) is 0 Å². The van der Waals surface area contributed by atoms with E-state index in [4.69, 9.17) is 0 Å². The Kier molecular flexibility index (Phi) is 5.60. The first-order valence-electron chi connectivity index (χ1n) is 7.89. The fraction of sp³-hybridized carbons (Fsp3) is 0.238. The van der Waals surface area contributed by atoms with Gasteiger partial charge in [0.2, 0.25) is 0 Å². The molecule has 0 bridgehead atoms. The summed E-state index contributed by atoms with van der Waals surface area (Å²) in [5.74, 6) is 0. The molecule has 2 rings (SSSR count). The molecule has 1 atom stereocenters. The molecule has 0 radical (unpaired) electrons. The summed E-state index contributed by atoms with van der Waals surface area (Å²) in [6.45, 7) is 10.6. The molecule has 0 amide bonds. The largest absolute Gasteiger partial charge is 0.378 e. The van der Waals surface area contributed by atoms with E-state index in [0.717, 1.165) is 17.7 Å². The van der Waals surface area contributed by atoms with E-state index in [1.54, 1.807) is 0 Å². The standard InChI is InChI=1S/C21H25N/c1-5-10-19-15-20(14-13-16(19)3)17(4)22-21(6-2)18-11-8-7-9-12-18/h5,7-15,21-22H,4,6H2,1-3H3/b10-5-. The van der Waals surface area contributed by atoms with Crippen LogP contribution in [0.3, 0.4) is 0 Å². The third-order valence-corrected chi connectivity index (χ3v) is 3.93. The minimum absolute atomic E-state index is 0.292. The number of aryl methyl sites for hydroxylation is 1. The molecule has 0 heterocycles. The van der Waals surface area contributed by atoms with Crippen LogP contribution in [0.15, 0.2) is 61.2 Å². The van der Waals surface area contributed by atoms with Crippen LogP contribution in [0.1, 0.15) is 48.6 Å². The molecule has 2 aromatic carbocycles. The van der Waals surface area contributed by atoms with Gasteiger partial charge in [-0.05, 0) is 48.6 Å². The molecule has 0 fully saturated rings. The lowest BCUT2D eigenvalue weighted by Crippen LogP contribution is -2.18. The summed E-state index contributed by atoms with van der Waals surface area (Å²) in [5, 5.41) is 3.57. The lowest BCUT2D eigenvalue weighted by atomic mass is 10.0. The maximum absolute atomic E-state index is 4.23. The van der Waals surface area contributed by atoms with Gasteiger partial charge in [0, 0.05) is 5.70 Å². The van der Waals surface area contributed by atoms with Crippen LogP contribution in [0.25, 0.3) is 11.8 Å². The van der Waals surface area contributed by atoms with Crippen LogP contribution in [0, 0.1) is 6.92 Å². The van der Waals surface area contributed by atoms with Gasteiger partial charge in [0.15, 0.2) is 0 Å². The summed E-state index contributed by atoms with van der Waals surface area (Å²) in [6, 6.07) is 17.3. The lowest BCUT2D eigenvalue weighted by molar-refractivity contribution is 0.614. The second-order valence-electron chi connectivity index (χ2n) is 5.57. The summed E-state index contributed by atoms with van der Waals surface area (Å²) in [7, 11) is 0. The fourth-order valence-corrected chi connectivity index (χ4v) is 2.59. The lowest BCUT2D eigenvalue weighted by Gasteiger charge is -2.21. The molecule has 1 heteroatoms. The normalized spacial score (nSPS) is 12.3. The zero-order valence-electron chi connectivity index (χ0n) is 13.8. The van der Waals surface area contributed by atoms with Crippen LogP contribution < -0.4 is 5.32 Å². The van der Waals surface area contributed by atoms with E-state index >= 15 is 0 Å². The van der Waals surface area contributed by atoms with Gasteiger partial charge in [-0.25, -0.2) is 0 Å². The van der Waals surface area contributed by atoms with Crippen molar-refractivity contribution in [1.82, 2.24) is 5.32 Å². The van der Waals surface area contributed by atoms with E-state index in [0.29, 0.717) is 6.04 Å². The molecular formula is C21H25N. The SMILES string of the molecule is C=C(NC(CC)c1ccccc1)c1ccc(C)c(/C=C\C)c1. The van der Waals surface area contributed by atoms with Gasteiger partial charge in [-0.2, -0.15) is 0 Å². The Morgan fingerprint density at radius 2 is 1.91 bits per heavy atom. The van der Waals surface area contributed by atoms with Gasteiger partial charge in [0.1, 0.15) is 0 Å². The quantitative estimate of drug-likeness (QED) is 0.715. The number of hydrogen-bond donors (Lipinski definition) is 1. The highest BCUT2D eigenvalue weighted by molar-refractivity contribution is 5.67. The molecule has 1 unspecified atom stereocenters. The molecule has 0 aliphatic carbocycles. The van der Waals surface area contributed by atoms with Crippen LogP contribution in [0.2, 0.25) is 0 Å². The molecule has 0 saturated heterocycles. The van der Waals surface area contributed by atoms with Gasteiger partial charge in [0.25, 0.3) is 0 Å². The molecule has 0 saturated carbocycles. The Morgan fingerprint density at radius 3 is 2.55 bits per heavy atom. The Hall–Kier alpha value is -2.28. The predicted octanol–water partition coefficient (Wildman–Crippen LogP) is 5.74. The van der Waals surface area contributed by atoms with E-state index < -0.39 is 0 Å². The van der Waals surface area contributed by atoms with Gasteiger partial charge >= 0.3 is 0 Å². The van der Waals surface area contributed by atoms with E-state index in [1.165, 1.54) is 16.7 Å². The first-order valence-corrected chi connectivity index (χ1v) is 7.89. The average Bonchev–Trinajstić information content (AvgIpc) is 2.55. The van der Waals surface area contributed by atoms with Crippen LogP contribution in [0.4, 0.5) is 0 Å². The number of allylic oxidation sites excluding steroid dienone is 1. The van der Waals surface area contributed by atoms with Crippen molar-refractivity contribution in [3.8, 4) is 0 Å². The van der Waals surface area contributed by atoms with Crippen LogP contribution in [-0.2, 0) is 0 Å². The zero-order valence-corrected chi connectivity index (χ0v) is 13.8. The van der Waals surface area contributed by atoms with Crippen molar-refractivity contribution >= 4 is 11.8 Å². The van der Waals surface area contributed by atoms with E-state index in [2.05, 4.69) is 80.4 Å². The summed E-state index contributed by atoms with van der Waals surface area (Å²) in [5.41, 5.74) is 5.95. The van der Waals surface area contributed by atoms with E-state index in [-0.39, 0.29) is 0 Å². The Morgan fingerprint density at radius 1 is 1.18 bits per heavy atom. The Labute approximate surface area is 134 Å². The van der Waals surface area contributed by atoms with Gasteiger partial charge in [-0.1, -0.05) is 68.1 Å². The second kappa shape index (κ2) is 7.65. The molecular weight excluding hydrogens is 266 g/mol. The third kappa shape index (κ3) is 3.88. The summed E-state index contributed by atoms with van der Waals surface area (Å²) < 4.78 is 0. The highest BCUT2D eigenvalue weighted by atomic mass is 14.9. The van der Waals surface area contributed by atoms with Crippen LogP contribution in [0.5, 0.6) is 0 Å². The predicted molar refractivity (Wildman–Crippen MR) is 97.5 cm³/mol. The zero-order chi connectivity index (χ0) is 15.9. The highest BCUT2D eigenvalue weighted by Gasteiger charge is 2.10. The van der Waals surface area contributed by atoms with Gasteiger partial charge < -0.3 is 5.32 Å². The smallest absolute Gasteiger partial charge is 0.0511 e. The second-order valence-corrected chi connectivity index (χ2v) is 5.57. The number of rotatable bonds is 6. The van der Waals surface area contributed by atoms with Crippen molar-refractivity contribution < 1.29 is 0 Å². The van der Waals surface area contributed by atoms with Gasteiger partial charge in [-0.3, -0.25) is 0 Å². The van der Waals surface area contributed by atoms with E-state index in [9.17, 15) is 0 Å². The molecule has 114 valence electrons. The van der Waals surface area contributed by atoms with Crippen molar-refractivity contribution in [3.05, 3.63) is 83.4 Å². The van der Waals surface area contributed by atoms with Gasteiger partial charge in [0.05, 0.1) is 6.04 Å². The van der Waals surface area contributed by atoms with Gasteiger partial charge in [-0.15, -0.1) is 0 Å². The molecule has 0 spiro atoms. The van der Waals surface area contributed by atoms with Crippen LogP contribution in [-0.4, -0.2) is 0 Å². The van der Waals surface area contributed by atoms with Crippen molar-refractivity contribution in [2.24, 2.45) is 0 Å². The summed E-state index contributed by atoms with van der Waals surface area (Å²) >= 11 is 0. The third-order valence-electron chi connectivity index (χ3n) is 3.93. The van der Waals surface area contributed by atoms with E-state index in [1.807, 2.05) is 13.0 Å².